The highest BCUT2D eigenvalue weighted by Gasteiger charge is 2.55. The van der Waals surface area contributed by atoms with Gasteiger partial charge in [-0.2, -0.15) is 0 Å². The third kappa shape index (κ3) is 8.22. The number of aliphatic hydroxyl groups is 1. The number of methoxy groups -OCH3 is 1. The molecule has 4 fully saturated rings. The number of likely N-dealkylation sites (N-methyl/N-ethyl adjacent to an activating group) is 1. The first-order valence-corrected chi connectivity index (χ1v) is 17.7. The fourth-order valence-electron chi connectivity index (χ4n) is 8.29. The van der Waals surface area contributed by atoms with Crippen molar-refractivity contribution in [2.24, 2.45) is 23.7 Å². The summed E-state index contributed by atoms with van der Waals surface area (Å²) < 4.78 is 31.3. The molecule has 2 N–H and O–H groups in total. The van der Waals surface area contributed by atoms with Crippen LogP contribution in [0.15, 0.2) is 0 Å². The van der Waals surface area contributed by atoms with Gasteiger partial charge in [0.25, 0.3) is 0 Å². The van der Waals surface area contributed by atoms with E-state index in [0.717, 1.165) is 26.1 Å². The van der Waals surface area contributed by atoms with Gasteiger partial charge in [0.15, 0.2) is 17.7 Å². The molecule has 4 aliphatic rings. The molecule has 0 aliphatic carbocycles. The zero-order valence-electron chi connectivity index (χ0n) is 30.3. The molecule has 4 rings (SSSR count). The van der Waals surface area contributed by atoms with Gasteiger partial charge in [0.1, 0.15) is 18.1 Å². The summed E-state index contributed by atoms with van der Waals surface area (Å²) in [4.78, 5) is 44.8. The highest BCUT2D eigenvalue weighted by atomic mass is 16.7. The van der Waals surface area contributed by atoms with E-state index in [1.807, 2.05) is 46.7 Å². The molecule has 47 heavy (non-hydrogen) atoms. The number of ether oxygens (including phenoxy) is 5. The van der Waals surface area contributed by atoms with Gasteiger partial charge >= 0.3 is 11.9 Å². The fraction of sp³-hybridized carbons (Fsp3) is 0.914. The molecule has 5 unspecified atom stereocenters. The molecule has 270 valence electrons. The molecule has 4 heterocycles. The Balaban J connectivity index is 1.68. The van der Waals surface area contributed by atoms with Gasteiger partial charge in [-0.05, 0) is 93.0 Å². The molecule has 0 aromatic rings. The Kier molecular flexibility index (Phi) is 12.6. The smallest absolute Gasteiger partial charge is 0.316 e. The number of aliphatic hydroxyl groups excluding tert-OH is 1. The number of hydrogen-bond donors (Lipinski definition) is 2. The van der Waals surface area contributed by atoms with Crippen molar-refractivity contribution in [2.75, 3.05) is 47.4 Å². The van der Waals surface area contributed by atoms with Crippen molar-refractivity contribution in [3.63, 3.8) is 0 Å². The normalized spacial score (nSPS) is 44.6. The first-order chi connectivity index (χ1) is 22.0. The Morgan fingerprint density at radius 3 is 2.36 bits per heavy atom. The van der Waals surface area contributed by atoms with Crippen LogP contribution in [0.5, 0.6) is 0 Å². The predicted molar refractivity (Wildman–Crippen MR) is 175 cm³/mol. The maximum absolute atomic E-state index is 14.2. The lowest BCUT2D eigenvalue weighted by molar-refractivity contribution is -0.299. The number of rotatable bonds is 7. The van der Waals surface area contributed by atoms with Crippen molar-refractivity contribution < 1.29 is 43.2 Å². The Hall–Kier alpha value is -1.67. The molecule has 0 radical (unpaired) electrons. The second-order valence-electron chi connectivity index (χ2n) is 15.3. The van der Waals surface area contributed by atoms with Crippen molar-refractivity contribution in [3.8, 4) is 0 Å². The van der Waals surface area contributed by atoms with Gasteiger partial charge in [0.05, 0.1) is 24.2 Å². The summed E-state index contributed by atoms with van der Waals surface area (Å²) in [5, 5.41) is 15.2. The van der Waals surface area contributed by atoms with Crippen LogP contribution in [0, 0.1) is 23.7 Å². The number of nitrogens with zero attached hydrogens (tertiary/aromatic N) is 2. The van der Waals surface area contributed by atoms with Crippen LogP contribution >= 0.6 is 0 Å². The first-order valence-electron chi connectivity index (χ1n) is 17.7. The molecule has 0 aromatic heterocycles. The highest BCUT2D eigenvalue weighted by Crippen LogP contribution is 2.42. The van der Waals surface area contributed by atoms with Gasteiger partial charge in [0.2, 0.25) is 0 Å². The van der Waals surface area contributed by atoms with E-state index in [1.54, 1.807) is 21.0 Å². The van der Waals surface area contributed by atoms with Gasteiger partial charge in [-0.25, -0.2) is 0 Å². The van der Waals surface area contributed by atoms with Crippen molar-refractivity contribution in [1.82, 2.24) is 15.1 Å². The van der Waals surface area contributed by atoms with E-state index < -0.39 is 53.6 Å². The summed E-state index contributed by atoms with van der Waals surface area (Å²) in [6.07, 6.45) is -0.750. The minimum Gasteiger partial charge on any atom is -0.458 e. The van der Waals surface area contributed by atoms with Crippen molar-refractivity contribution >= 4 is 17.7 Å². The van der Waals surface area contributed by atoms with Crippen LogP contribution < -0.4 is 5.32 Å². The van der Waals surface area contributed by atoms with E-state index in [9.17, 15) is 19.5 Å². The quantitative estimate of drug-likeness (QED) is 0.305. The largest absolute Gasteiger partial charge is 0.458 e. The van der Waals surface area contributed by atoms with E-state index >= 15 is 0 Å². The van der Waals surface area contributed by atoms with Gasteiger partial charge in [-0.3, -0.25) is 14.4 Å². The Morgan fingerprint density at radius 1 is 1.11 bits per heavy atom. The minimum absolute atomic E-state index is 0.0633. The van der Waals surface area contributed by atoms with Gasteiger partial charge in [-0.1, -0.05) is 20.8 Å². The van der Waals surface area contributed by atoms with Crippen LogP contribution in [0.4, 0.5) is 0 Å². The molecule has 4 saturated heterocycles. The highest BCUT2D eigenvalue weighted by molar-refractivity contribution is 6.00. The summed E-state index contributed by atoms with van der Waals surface area (Å²) >= 11 is 0. The third-order valence-electron chi connectivity index (χ3n) is 11.5. The lowest BCUT2D eigenvalue weighted by atomic mass is 9.78. The molecule has 12 heteroatoms. The summed E-state index contributed by atoms with van der Waals surface area (Å²) in [6.45, 7) is 16.5. The zero-order valence-corrected chi connectivity index (χ0v) is 30.3. The topological polar surface area (TPSA) is 136 Å². The molecule has 4 aliphatic heterocycles. The maximum atomic E-state index is 14.2. The number of cyclic esters (lactones) is 1. The number of carbonyl (C=O) groups is 3. The van der Waals surface area contributed by atoms with E-state index in [-0.39, 0.29) is 48.2 Å². The van der Waals surface area contributed by atoms with Crippen LogP contribution in [-0.2, 0) is 38.1 Å². The number of nitrogens with one attached hydrogen (secondary N) is 1. The van der Waals surface area contributed by atoms with E-state index in [0.29, 0.717) is 25.8 Å². The monoisotopic (exact) mass is 667 g/mol. The van der Waals surface area contributed by atoms with Gasteiger partial charge in [0, 0.05) is 37.6 Å². The SMILES string of the molecule is CC[C@H]1OC(=O)C(C)C(=O)[C@H](C)[C@@H](OC2OC(CN3CCC3)CC(N(C)C)C2O)[C@](C)(OC)C[C@@H](C)CN[C@H](C)[C@H]2CC(=O)O[C@@]21C. The number of likely N-dealkylation sites (tertiary alicyclic amines) is 1. The van der Waals surface area contributed by atoms with E-state index in [1.165, 1.54) is 0 Å². The summed E-state index contributed by atoms with van der Waals surface area (Å²) in [5.74, 6) is -3.46. The number of hydrogen-bond acceptors (Lipinski definition) is 12. The molecule has 13 atom stereocenters. The molecule has 0 amide bonds. The minimum atomic E-state index is -1.12. The molecular weight excluding hydrogens is 606 g/mol. The number of esters is 2. The van der Waals surface area contributed by atoms with E-state index in [4.69, 9.17) is 23.7 Å². The van der Waals surface area contributed by atoms with Crippen molar-refractivity contribution in [2.45, 2.75) is 135 Å². The van der Waals surface area contributed by atoms with Crippen LogP contribution in [0.2, 0.25) is 0 Å². The van der Waals surface area contributed by atoms with Crippen LogP contribution in [-0.4, -0.2) is 134 Å². The van der Waals surface area contributed by atoms with Crippen LogP contribution in [0.25, 0.3) is 0 Å². The second-order valence-corrected chi connectivity index (χ2v) is 15.3. The van der Waals surface area contributed by atoms with Gasteiger partial charge in [-0.15, -0.1) is 0 Å². The van der Waals surface area contributed by atoms with Crippen LogP contribution in [0.3, 0.4) is 0 Å². The first kappa shape index (κ1) is 38.1. The second kappa shape index (κ2) is 15.5. The number of Topliss-reactive ketones (excluding diaryl/α,β-unsaturated/α-hetero) is 1. The Morgan fingerprint density at radius 2 is 1.79 bits per heavy atom. The molecule has 0 aromatic carbocycles. The van der Waals surface area contributed by atoms with Crippen molar-refractivity contribution in [3.05, 3.63) is 0 Å². The number of ketones is 1. The predicted octanol–water partition coefficient (Wildman–Crippen LogP) is 2.39. The fourth-order valence-corrected chi connectivity index (χ4v) is 8.29. The average Bonchev–Trinajstić information content (AvgIpc) is 3.32. The molecular formula is C35H61N3O9. The molecule has 0 spiro atoms. The Labute approximate surface area is 281 Å². The lowest BCUT2D eigenvalue weighted by Gasteiger charge is -2.48. The lowest BCUT2D eigenvalue weighted by Crippen LogP contribution is -2.60. The number of carbonyl (C=O) groups excluding carboxylic acids is 3. The zero-order chi connectivity index (χ0) is 34.8. The number of fused-ring (bicyclic) bond motifs is 1. The maximum Gasteiger partial charge on any atom is 0.316 e. The molecule has 0 bridgehead atoms. The average molecular weight is 668 g/mol. The molecule has 12 nitrogen and oxygen atoms in total. The van der Waals surface area contributed by atoms with Crippen LogP contribution in [0.1, 0.15) is 80.6 Å². The summed E-state index contributed by atoms with van der Waals surface area (Å²) in [6, 6.07) is -0.329. The van der Waals surface area contributed by atoms with Crippen molar-refractivity contribution in [1.29, 1.82) is 0 Å². The summed E-state index contributed by atoms with van der Waals surface area (Å²) in [5.41, 5.74) is -2.03. The molecule has 0 saturated carbocycles. The summed E-state index contributed by atoms with van der Waals surface area (Å²) in [7, 11) is 5.48. The van der Waals surface area contributed by atoms with Gasteiger partial charge < -0.3 is 43.9 Å². The Bertz CT molecular complexity index is 1100. The standard InChI is InChI=1S/C35H61N3O9/c1-11-27-35(7)25(16-28(39)47-35)23(5)36-18-20(2)17-34(6,43-10)31(21(3)29(40)22(4)32(42)45-27)46-33-30(41)26(37(8)9)15-24(44-33)19-38-13-12-14-38/h20-27,30-31,33,36,41H,11-19H2,1-10H3/t20-,21+,22?,23-,24?,25-,26?,27-,30?,31-,33?,34-,35+/m1/s1. The van der Waals surface area contributed by atoms with E-state index in [2.05, 4.69) is 17.1 Å². The third-order valence-corrected chi connectivity index (χ3v) is 11.5.